The first kappa shape index (κ1) is 12.7. The zero-order valence-corrected chi connectivity index (χ0v) is 11.2. The Kier molecular flexibility index (Phi) is 4.69. The fourth-order valence-corrected chi connectivity index (χ4v) is 2.86. The van der Waals surface area contributed by atoms with E-state index in [1.165, 1.54) is 31.4 Å². The molecule has 1 fully saturated rings. The number of anilines is 1. The SMILES string of the molecule is CNCCC1CCCCN1c1ccccc1Cl. The Hall–Kier alpha value is -0.730. The maximum atomic E-state index is 6.30. The molecule has 0 radical (unpaired) electrons. The van der Waals surface area contributed by atoms with Gasteiger partial charge in [-0.1, -0.05) is 23.7 Å². The van der Waals surface area contributed by atoms with Gasteiger partial charge in [0.15, 0.2) is 0 Å². The second-order valence-electron chi connectivity index (χ2n) is 4.69. The molecule has 1 unspecified atom stereocenters. The first-order valence-electron chi connectivity index (χ1n) is 6.48. The van der Waals surface area contributed by atoms with Crippen LogP contribution in [-0.4, -0.2) is 26.2 Å². The van der Waals surface area contributed by atoms with Crippen LogP contribution >= 0.6 is 11.6 Å². The Bertz CT molecular complexity index is 354. The highest BCUT2D eigenvalue weighted by Crippen LogP contribution is 2.31. The number of halogens is 1. The molecule has 1 aromatic rings. The third-order valence-electron chi connectivity index (χ3n) is 3.52. The van der Waals surface area contributed by atoms with Gasteiger partial charge in [0.1, 0.15) is 0 Å². The number of hydrogen-bond donors (Lipinski definition) is 1. The molecule has 0 bridgehead atoms. The van der Waals surface area contributed by atoms with E-state index < -0.39 is 0 Å². The number of hydrogen-bond acceptors (Lipinski definition) is 2. The molecule has 0 aliphatic carbocycles. The first-order valence-corrected chi connectivity index (χ1v) is 6.86. The van der Waals surface area contributed by atoms with Crippen molar-refractivity contribution in [3.8, 4) is 0 Å². The van der Waals surface area contributed by atoms with Crippen LogP contribution < -0.4 is 10.2 Å². The number of nitrogens with zero attached hydrogens (tertiary/aromatic N) is 1. The predicted octanol–water partition coefficient (Wildman–Crippen LogP) is 3.31. The number of para-hydroxylation sites is 1. The Labute approximate surface area is 109 Å². The second kappa shape index (κ2) is 6.27. The van der Waals surface area contributed by atoms with Gasteiger partial charge in [-0.15, -0.1) is 0 Å². The molecule has 0 spiro atoms. The van der Waals surface area contributed by atoms with Crippen molar-refractivity contribution in [2.75, 3.05) is 25.0 Å². The minimum atomic E-state index is 0.635. The Balaban J connectivity index is 2.13. The third-order valence-corrected chi connectivity index (χ3v) is 3.84. The van der Waals surface area contributed by atoms with Crippen LogP contribution in [0.15, 0.2) is 24.3 Å². The van der Waals surface area contributed by atoms with Crippen molar-refractivity contribution >= 4 is 17.3 Å². The van der Waals surface area contributed by atoms with Gasteiger partial charge < -0.3 is 10.2 Å². The molecule has 0 aromatic heterocycles. The minimum absolute atomic E-state index is 0.635. The van der Waals surface area contributed by atoms with Crippen LogP contribution in [0.3, 0.4) is 0 Å². The fraction of sp³-hybridized carbons (Fsp3) is 0.571. The van der Waals surface area contributed by atoms with Crippen molar-refractivity contribution < 1.29 is 0 Å². The molecule has 0 saturated carbocycles. The van der Waals surface area contributed by atoms with Gasteiger partial charge in [0.05, 0.1) is 10.7 Å². The van der Waals surface area contributed by atoms with E-state index in [4.69, 9.17) is 11.6 Å². The van der Waals surface area contributed by atoms with Gasteiger partial charge >= 0.3 is 0 Å². The molecule has 1 aromatic carbocycles. The summed E-state index contributed by atoms with van der Waals surface area (Å²) in [5.74, 6) is 0. The maximum Gasteiger partial charge on any atom is 0.0639 e. The molecule has 1 heterocycles. The molecular weight excluding hydrogens is 232 g/mol. The molecule has 1 saturated heterocycles. The van der Waals surface area contributed by atoms with E-state index in [2.05, 4.69) is 22.3 Å². The average Bonchev–Trinajstić information content (AvgIpc) is 2.37. The summed E-state index contributed by atoms with van der Waals surface area (Å²) in [6.07, 6.45) is 5.10. The molecule has 3 heteroatoms. The van der Waals surface area contributed by atoms with Crippen molar-refractivity contribution in [1.29, 1.82) is 0 Å². The Morgan fingerprint density at radius 3 is 2.94 bits per heavy atom. The molecule has 2 nitrogen and oxygen atoms in total. The monoisotopic (exact) mass is 252 g/mol. The van der Waals surface area contributed by atoms with Crippen molar-refractivity contribution in [3.05, 3.63) is 29.3 Å². The quantitative estimate of drug-likeness (QED) is 0.885. The zero-order chi connectivity index (χ0) is 12.1. The lowest BCUT2D eigenvalue weighted by molar-refractivity contribution is 0.433. The summed E-state index contributed by atoms with van der Waals surface area (Å²) in [6.45, 7) is 2.21. The largest absolute Gasteiger partial charge is 0.367 e. The fourth-order valence-electron chi connectivity index (χ4n) is 2.61. The summed E-state index contributed by atoms with van der Waals surface area (Å²) >= 11 is 6.30. The summed E-state index contributed by atoms with van der Waals surface area (Å²) in [6, 6.07) is 8.83. The average molecular weight is 253 g/mol. The third kappa shape index (κ3) is 3.14. The van der Waals surface area contributed by atoms with E-state index in [1.807, 2.05) is 19.2 Å². The van der Waals surface area contributed by atoms with Crippen molar-refractivity contribution in [1.82, 2.24) is 5.32 Å². The lowest BCUT2D eigenvalue weighted by Crippen LogP contribution is -2.41. The molecule has 0 amide bonds. The standard InChI is InChI=1S/C14H21ClN2/c1-16-10-9-12-6-4-5-11-17(12)14-8-3-2-7-13(14)15/h2-3,7-8,12,16H,4-6,9-11H2,1H3. The van der Waals surface area contributed by atoms with Crippen molar-refractivity contribution in [2.45, 2.75) is 31.7 Å². The Morgan fingerprint density at radius 2 is 2.18 bits per heavy atom. The summed E-state index contributed by atoms with van der Waals surface area (Å²) in [7, 11) is 2.02. The van der Waals surface area contributed by atoms with E-state index in [9.17, 15) is 0 Å². The normalized spacial score (nSPS) is 20.6. The lowest BCUT2D eigenvalue weighted by Gasteiger charge is -2.38. The molecule has 17 heavy (non-hydrogen) atoms. The van der Waals surface area contributed by atoms with Crippen LogP contribution in [0, 0.1) is 0 Å². The highest BCUT2D eigenvalue weighted by atomic mass is 35.5. The van der Waals surface area contributed by atoms with Crippen LogP contribution in [0.2, 0.25) is 5.02 Å². The van der Waals surface area contributed by atoms with Crippen molar-refractivity contribution in [2.24, 2.45) is 0 Å². The highest BCUT2D eigenvalue weighted by Gasteiger charge is 2.23. The van der Waals surface area contributed by atoms with Gasteiger partial charge in [0.25, 0.3) is 0 Å². The van der Waals surface area contributed by atoms with Gasteiger partial charge in [-0.2, -0.15) is 0 Å². The van der Waals surface area contributed by atoms with Crippen LogP contribution in [0.1, 0.15) is 25.7 Å². The summed E-state index contributed by atoms with van der Waals surface area (Å²) in [4.78, 5) is 2.49. The molecule has 1 atom stereocenters. The molecule has 94 valence electrons. The molecular formula is C14H21ClN2. The van der Waals surface area contributed by atoms with E-state index >= 15 is 0 Å². The summed E-state index contributed by atoms with van der Waals surface area (Å²) in [5, 5.41) is 4.12. The molecule has 1 N–H and O–H groups in total. The minimum Gasteiger partial charge on any atom is -0.367 e. The van der Waals surface area contributed by atoms with E-state index in [0.717, 1.165) is 18.1 Å². The lowest BCUT2D eigenvalue weighted by atomic mass is 9.98. The van der Waals surface area contributed by atoms with Crippen LogP contribution in [-0.2, 0) is 0 Å². The smallest absolute Gasteiger partial charge is 0.0639 e. The van der Waals surface area contributed by atoms with E-state index in [-0.39, 0.29) is 0 Å². The predicted molar refractivity (Wildman–Crippen MR) is 75.0 cm³/mol. The highest BCUT2D eigenvalue weighted by molar-refractivity contribution is 6.33. The number of piperidine rings is 1. The van der Waals surface area contributed by atoms with Crippen LogP contribution in [0.4, 0.5) is 5.69 Å². The molecule has 2 rings (SSSR count). The summed E-state index contributed by atoms with van der Waals surface area (Å²) < 4.78 is 0. The van der Waals surface area contributed by atoms with Gasteiger partial charge in [-0.05, 0) is 51.4 Å². The summed E-state index contributed by atoms with van der Waals surface area (Å²) in [5.41, 5.74) is 1.20. The van der Waals surface area contributed by atoms with Crippen molar-refractivity contribution in [3.63, 3.8) is 0 Å². The van der Waals surface area contributed by atoms with Crippen LogP contribution in [0.25, 0.3) is 0 Å². The topological polar surface area (TPSA) is 15.3 Å². The van der Waals surface area contributed by atoms with Gasteiger partial charge in [-0.25, -0.2) is 0 Å². The van der Waals surface area contributed by atoms with E-state index in [1.54, 1.807) is 0 Å². The van der Waals surface area contributed by atoms with Gasteiger partial charge in [0.2, 0.25) is 0 Å². The van der Waals surface area contributed by atoms with E-state index in [0.29, 0.717) is 6.04 Å². The van der Waals surface area contributed by atoms with Gasteiger partial charge in [0, 0.05) is 12.6 Å². The molecule has 1 aliphatic heterocycles. The first-order chi connectivity index (χ1) is 8.33. The zero-order valence-electron chi connectivity index (χ0n) is 10.5. The number of benzene rings is 1. The number of nitrogens with one attached hydrogen (secondary N) is 1. The maximum absolute atomic E-state index is 6.30. The van der Waals surface area contributed by atoms with Crippen LogP contribution in [0.5, 0.6) is 0 Å². The second-order valence-corrected chi connectivity index (χ2v) is 5.09. The van der Waals surface area contributed by atoms with Gasteiger partial charge in [-0.3, -0.25) is 0 Å². The number of rotatable bonds is 4. The molecule has 1 aliphatic rings. The Morgan fingerprint density at radius 1 is 1.35 bits per heavy atom.